The van der Waals surface area contributed by atoms with Crippen molar-refractivity contribution in [2.75, 3.05) is 0 Å². The molecule has 0 unspecified atom stereocenters. The third-order valence-corrected chi connectivity index (χ3v) is 2.73. The van der Waals surface area contributed by atoms with Crippen LogP contribution < -0.4 is 5.73 Å². The number of aromatic carboxylic acids is 1. The van der Waals surface area contributed by atoms with Crippen molar-refractivity contribution in [3.05, 3.63) is 29.3 Å². The lowest BCUT2D eigenvalue weighted by Gasteiger charge is -2.14. The summed E-state index contributed by atoms with van der Waals surface area (Å²) in [5.41, 5.74) is 6.64. The van der Waals surface area contributed by atoms with E-state index in [1.54, 1.807) is 6.07 Å². The Hall–Kier alpha value is -1.26. The molecule has 0 saturated heterocycles. The van der Waals surface area contributed by atoms with Gasteiger partial charge in [-0.2, -0.15) is 0 Å². The number of hydrogen-bond acceptors (Lipinski definition) is 3. The third-order valence-electron chi connectivity index (χ3n) is 2.73. The lowest BCUT2D eigenvalue weighted by Crippen LogP contribution is -2.12. The summed E-state index contributed by atoms with van der Waals surface area (Å²) in [4.78, 5) is 10.9. The monoisotopic (exact) mass is 273 g/mol. The molecule has 0 radical (unpaired) electrons. The second-order valence-electron chi connectivity index (χ2n) is 4.66. The van der Waals surface area contributed by atoms with Gasteiger partial charge in [0.05, 0.1) is 0 Å². The van der Waals surface area contributed by atoms with Gasteiger partial charge in [0, 0.05) is 6.04 Å². The molecule has 0 amide bonds. The van der Waals surface area contributed by atoms with E-state index < -0.39 is 5.97 Å². The zero-order chi connectivity index (χ0) is 13.0. The summed E-state index contributed by atoms with van der Waals surface area (Å²) in [5, 5.41) is 18.3. The standard InChI is InChI=1S/C13H19NO3.ClH/c1-8(2)3-5-11(14)9-4-6-12(15)10(7-9)13(16)17;/h4,6-8,11,15H,3,5,14H2,1-2H3,(H,16,17);1H/t11-;/m0./s1. The van der Waals surface area contributed by atoms with Crippen molar-refractivity contribution in [3.8, 4) is 5.75 Å². The van der Waals surface area contributed by atoms with E-state index >= 15 is 0 Å². The molecule has 0 spiro atoms. The molecule has 4 nitrogen and oxygen atoms in total. The molecule has 1 atom stereocenters. The van der Waals surface area contributed by atoms with Gasteiger partial charge in [0.2, 0.25) is 0 Å². The van der Waals surface area contributed by atoms with Crippen molar-refractivity contribution in [1.29, 1.82) is 0 Å². The summed E-state index contributed by atoms with van der Waals surface area (Å²) in [6.07, 6.45) is 1.80. The van der Waals surface area contributed by atoms with Crippen LogP contribution in [0, 0.1) is 5.92 Å². The first-order chi connectivity index (χ1) is 7.91. The molecule has 102 valence electrons. The normalized spacial score (nSPS) is 12.0. The molecule has 1 rings (SSSR count). The van der Waals surface area contributed by atoms with Crippen molar-refractivity contribution >= 4 is 18.4 Å². The predicted octanol–water partition coefficient (Wildman–Crippen LogP) is 2.95. The maximum absolute atomic E-state index is 10.9. The van der Waals surface area contributed by atoms with Crippen LogP contribution in [0.2, 0.25) is 0 Å². The number of phenols is 1. The molecule has 0 aliphatic carbocycles. The lowest BCUT2D eigenvalue weighted by molar-refractivity contribution is 0.0693. The highest BCUT2D eigenvalue weighted by atomic mass is 35.5. The van der Waals surface area contributed by atoms with Crippen molar-refractivity contribution in [1.82, 2.24) is 0 Å². The van der Waals surface area contributed by atoms with Crippen LogP contribution in [-0.2, 0) is 0 Å². The highest BCUT2D eigenvalue weighted by Crippen LogP contribution is 2.24. The maximum atomic E-state index is 10.9. The van der Waals surface area contributed by atoms with Crippen LogP contribution in [0.4, 0.5) is 0 Å². The van der Waals surface area contributed by atoms with E-state index in [2.05, 4.69) is 13.8 Å². The van der Waals surface area contributed by atoms with Crippen LogP contribution in [0.15, 0.2) is 18.2 Å². The fraction of sp³-hybridized carbons (Fsp3) is 0.462. The Kier molecular flexibility index (Phi) is 6.73. The van der Waals surface area contributed by atoms with Crippen molar-refractivity contribution in [2.45, 2.75) is 32.7 Å². The number of nitrogens with two attached hydrogens (primary N) is 1. The van der Waals surface area contributed by atoms with Crippen molar-refractivity contribution in [2.24, 2.45) is 11.7 Å². The summed E-state index contributed by atoms with van der Waals surface area (Å²) < 4.78 is 0. The number of benzene rings is 1. The Bertz CT molecular complexity index is 407. The molecule has 0 bridgehead atoms. The molecule has 0 aromatic heterocycles. The molecule has 0 aliphatic heterocycles. The van der Waals surface area contributed by atoms with Gasteiger partial charge in [0.15, 0.2) is 0 Å². The second kappa shape index (κ2) is 7.24. The average molecular weight is 274 g/mol. The topological polar surface area (TPSA) is 83.5 Å². The van der Waals surface area contributed by atoms with Gasteiger partial charge < -0.3 is 15.9 Å². The third kappa shape index (κ3) is 4.55. The first kappa shape index (κ1) is 16.7. The Morgan fingerprint density at radius 2 is 1.94 bits per heavy atom. The predicted molar refractivity (Wildman–Crippen MR) is 73.3 cm³/mol. The van der Waals surface area contributed by atoms with Crippen LogP contribution in [0.25, 0.3) is 0 Å². The number of rotatable bonds is 5. The number of hydrogen-bond donors (Lipinski definition) is 3. The molecular formula is C13H20ClNO3. The van der Waals surface area contributed by atoms with E-state index in [0.29, 0.717) is 5.92 Å². The van der Waals surface area contributed by atoms with E-state index in [1.807, 2.05) is 0 Å². The highest BCUT2D eigenvalue weighted by molar-refractivity contribution is 5.90. The average Bonchev–Trinajstić information content (AvgIpc) is 2.26. The van der Waals surface area contributed by atoms with Gasteiger partial charge in [0.1, 0.15) is 11.3 Å². The molecule has 1 aromatic carbocycles. The van der Waals surface area contributed by atoms with Gasteiger partial charge >= 0.3 is 5.97 Å². The quantitative estimate of drug-likeness (QED) is 0.770. The molecule has 1 aromatic rings. The molecule has 4 N–H and O–H groups in total. The number of halogens is 1. The minimum absolute atomic E-state index is 0. The number of carbonyl (C=O) groups is 1. The van der Waals surface area contributed by atoms with E-state index in [9.17, 15) is 9.90 Å². The van der Waals surface area contributed by atoms with E-state index in [4.69, 9.17) is 10.8 Å². The summed E-state index contributed by atoms with van der Waals surface area (Å²) in [5.74, 6) is -0.796. The van der Waals surface area contributed by atoms with Crippen molar-refractivity contribution < 1.29 is 15.0 Å². The first-order valence-corrected chi connectivity index (χ1v) is 5.73. The summed E-state index contributed by atoms with van der Waals surface area (Å²) >= 11 is 0. The molecule has 0 fully saturated rings. The second-order valence-corrected chi connectivity index (χ2v) is 4.66. The highest BCUT2D eigenvalue weighted by Gasteiger charge is 2.13. The Morgan fingerprint density at radius 3 is 2.44 bits per heavy atom. The number of carboxylic acids is 1. The van der Waals surface area contributed by atoms with E-state index in [1.165, 1.54) is 12.1 Å². The lowest BCUT2D eigenvalue weighted by atomic mass is 9.97. The van der Waals surface area contributed by atoms with Crippen LogP contribution in [0.5, 0.6) is 5.75 Å². The fourth-order valence-corrected chi connectivity index (χ4v) is 1.64. The molecule has 0 saturated carbocycles. The molecular weight excluding hydrogens is 254 g/mol. The van der Waals surface area contributed by atoms with Crippen LogP contribution in [0.3, 0.4) is 0 Å². The van der Waals surface area contributed by atoms with Gasteiger partial charge in [-0.3, -0.25) is 0 Å². The minimum atomic E-state index is -1.14. The molecule has 18 heavy (non-hydrogen) atoms. The Balaban J connectivity index is 0.00000289. The summed E-state index contributed by atoms with van der Waals surface area (Å²) in [6, 6.07) is 4.32. The smallest absolute Gasteiger partial charge is 0.339 e. The SMILES string of the molecule is CC(C)CC[C@H](N)c1ccc(O)c(C(=O)O)c1.Cl. The number of carboxylic acid groups (broad SMARTS) is 1. The van der Waals surface area contributed by atoms with E-state index in [0.717, 1.165) is 18.4 Å². The Morgan fingerprint density at radius 1 is 1.33 bits per heavy atom. The van der Waals surface area contributed by atoms with Crippen LogP contribution >= 0.6 is 12.4 Å². The van der Waals surface area contributed by atoms with Gasteiger partial charge in [-0.05, 0) is 36.5 Å². The van der Waals surface area contributed by atoms with Gasteiger partial charge in [-0.15, -0.1) is 12.4 Å². The fourth-order valence-electron chi connectivity index (χ4n) is 1.64. The first-order valence-electron chi connectivity index (χ1n) is 5.73. The van der Waals surface area contributed by atoms with Gasteiger partial charge in [0.25, 0.3) is 0 Å². The van der Waals surface area contributed by atoms with Crippen molar-refractivity contribution in [3.63, 3.8) is 0 Å². The van der Waals surface area contributed by atoms with E-state index in [-0.39, 0.29) is 29.8 Å². The van der Waals surface area contributed by atoms with Crippen LogP contribution in [0.1, 0.15) is 48.7 Å². The molecule has 5 heteroatoms. The largest absolute Gasteiger partial charge is 0.507 e. The number of aromatic hydroxyl groups is 1. The Labute approximate surface area is 113 Å². The van der Waals surface area contributed by atoms with Gasteiger partial charge in [-0.1, -0.05) is 19.9 Å². The molecule has 0 heterocycles. The minimum Gasteiger partial charge on any atom is -0.507 e. The molecule has 0 aliphatic rings. The summed E-state index contributed by atoms with van der Waals surface area (Å²) in [6.45, 7) is 4.23. The summed E-state index contributed by atoms with van der Waals surface area (Å²) in [7, 11) is 0. The van der Waals surface area contributed by atoms with Gasteiger partial charge in [-0.25, -0.2) is 4.79 Å². The maximum Gasteiger partial charge on any atom is 0.339 e. The zero-order valence-corrected chi connectivity index (χ0v) is 11.4. The van der Waals surface area contributed by atoms with Crippen LogP contribution in [-0.4, -0.2) is 16.2 Å². The zero-order valence-electron chi connectivity index (χ0n) is 10.6.